The van der Waals surface area contributed by atoms with Gasteiger partial charge in [-0.25, -0.2) is 4.79 Å². The fourth-order valence-electron chi connectivity index (χ4n) is 1.71. The van der Waals surface area contributed by atoms with Crippen LogP contribution in [0, 0.1) is 11.3 Å². The first-order valence-corrected chi connectivity index (χ1v) is 7.45. The molecule has 0 aliphatic carbocycles. The van der Waals surface area contributed by atoms with Crippen molar-refractivity contribution in [1.29, 1.82) is 5.26 Å². The Hall–Kier alpha value is -2.32. The summed E-state index contributed by atoms with van der Waals surface area (Å²) in [7, 11) is 0. The molecule has 0 spiro atoms. The average molecular weight is 360 g/mol. The van der Waals surface area contributed by atoms with Crippen LogP contribution in [0.5, 0.6) is 5.75 Å². The highest BCUT2D eigenvalue weighted by atomic mass is 79.9. The summed E-state index contributed by atoms with van der Waals surface area (Å²) in [5.41, 5.74) is 1.44. The Morgan fingerprint density at radius 3 is 2.41 bits per heavy atom. The zero-order valence-corrected chi connectivity index (χ0v) is 13.5. The Morgan fingerprint density at radius 2 is 1.82 bits per heavy atom. The predicted molar refractivity (Wildman–Crippen MR) is 85.2 cm³/mol. The second-order valence-electron chi connectivity index (χ2n) is 4.63. The average Bonchev–Trinajstić information content (AvgIpc) is 2.54. The summed E-state index contributed by atoms with van der Waals surface area (Å²) in [4.78, 5) is 11.9. The Bertz CT molecular complexity index is 675. The van der Waals surface area contributed by atoms with Crippen molar-refractivity contribution >= 4 is 21.9 Å². The van der Waals surface area contributed by atoms with Gasteiger partial charge in [-0.05, 0) is 48.9 Å². The minimum atomic E-state index is -0.719. The van der Waals surface area contributed by atoms with E-state index < -0.39 is 12.1 Å². The van der Waals surface area contributed by atoms with Crippen LogP contribution in [-0.4, -0.2) is 12.1 Å². The molecule has 5 heteroatoms. The van der Waals surface area contributed by atoms with Crippen LogP contribution in [0.2, 0.25) is 0 Å². The SMILES string of the molecule is C[C@H](Oc1ccc(C#N)cc1)C(=O)OCc1ccc(Br)cc1. The molecular formula is C17H14BrNO3. The molecule has 0 amide bonds. The Labute approximate surface area is 137 Å². The first kappa shape index (κ1) is 16.1. The lowest BCUT2D eigenvalue weighted by Gasteiger charge is -2.14. The molecule has 112 valence electrons. The number of hydrogen-bond donors (Lipinski definition) is 0. The number of rotatable bonds is 5. The Balaban J connectivity index is 1.86. The topological polar surface area (TPSA) is 59.3 Å². The van der Waals surface area contributed by atoms with Crippen molar-refractivity contribution in [2.24, 2.45) is 0 Å². The van der Waals surface area contributed by atoms with Crippen molar-refractivity contribution in [3.8, 4) is 11.8 Å². The van der Waals surface area contributed by atoms with Gasteiger partial charge < -0.3 is 9.47 Å². The molecule has 0 radical (unpaired) electrons. The second kappa shape index (κ2) is 7.62. The van der Waals surface area contributed by atoms with E-state index in [1.54, 1.807) is 31.2 Å². The van der Waals surface area contributed by atoms with Crippen molar-refractivity contribution in [2.75, 3.05) is 0 Å². The standard InChI is InChI=1S/C17H14BrNO3/c1-12(22-16-8-4-13(10-19)5-9-16)17(20)21-11-14-2-6-15(18)7-3-14/h2-9,12H,11H2,1H3/t12-/m0/s1. The van der Waals surface area contributed by atoms with Crippen LogP contribution < -0.4 is 4.74 Å². The highest BCUT2D eigenvalue weighted by molar-refractivity contribution is 9.10. The summed E-state index contributed by atoms with van der Waals surface area (Å²) in [5.74, 6) is 0.0828. The molecule has 0 saturated heterocycles. The molecule has 0 aliphatic heterocycles. The quantitative estimate of drug-likeness (QED) is 0.761. The molecule has 0 saturated carbocycles. The molecule has 0 fully saturated rings. The van der Waals surface area contributed by atoms with Gasteiger partial charge in [0, 0.05) is 4.47 Å². The predicted octanol–water partition coefficient (Wildman–Crippen LogP) is 3.83. The summed E-state index contributed by atoms with van der Waals surface area (Å²) in [6.45, 7) is 1.83. The van der Waals surface area contributed by atoms with Gasteiger partial charge in [0.05, 0.1) is 11.6 Å². The van der Waals surface area contributed by atoms with Gasteiger partial charge in [-0.3, -0.25) is 0 Å². The third-order valence-corrected chi connectivity index (χ3v) is 3.45. The summed E-state index contributed by atoms with van der Waals surface area (Å²) in [6, 6.07) is 16.1. The maximum absolute atomic E-state index is 11.9. The smallest absolute Gasteiger partial charge is 0.347 e. The van der Waals surface area contributed by atoms with Gasteiger partial charge in [-0.1, -0.05) is 28.1 Å². The fraction of sp³-hybridized carbons (Fsp3) is 0.176. The van der Waals surface area contributed by atoms with E-state index in [0.717, 1.165) is 10.0 Å². The van der Waals surface area contributed by atoms with Crippen LogP contribution in [0.25, 0.3) is 0 Å². The minimum absolute atomic E-state index is 0.202. The summed E-state index contributed by atoms with van der Waals surface area (Å²) in [5, 5.41) is 8.73. The maximum atomic E-state index is 11.9. The molecule has 2 aromatic carbocycles. The second-order valence-corrected chi connectivity index (χ2v) is 5.55. The van der Waals surface area contributed by atoms with Crippen LogP contribution in [0.3, 0.4) is 0 Å². The molecule has 1 atom stereocenters. The van der Waals surface area contributed by atoms with Crippen molar-refractivity contribution < 1.29 is 14.3 Å². The van der Waals surface area contributed by atoms with Gasteiger partial charge >= 0.3 is 5.97 Å². The third-order valence-electron chi connectivity index (χ3n) is 2.92. The first-order chi connectivity index (χ1) is 10.6. The monoisotopic (exact) mass is 359 g/mol. The molecule has 2 aromatic rings. The van der Waals surface area contributed by atoms with Crippen molar-refractivity contribution in [2.45, 2.75) is 19.6 Å². The molecule has 0 N–H and O–H groups in total. The summed E-state index contributed by atoms with van der Waals surface area (Å²) >= 11 is 3.35. The number of halogens is 1. The van der Waals surface area contributed by atoms with Crippen LogP contribution in [0.4, 0.5) is 0 Å². The fourth-order valence-corrected chi connectivity index (χ4v) is 1.98. The van der Waals surface area contributed by atoms with E-state index in [1.807, 2.05) is 30.3 Å². The lowest BCUT2D eigenvalue weighted by molar-refractivity contribution is -0.152. The molecular weight excluding hydrogens is 346 g/mol. The number of nitrogens with zero attached hydrogens (tertiary/aromatic N) is 1. The van der Waals surface area contributed by atoms with Gasteiger partial charge in [0.1, 0.15) is 12.4 Å². The third kappa shape index (κ3) is 4.61. The van der Waals surface area contributed by atoms with Crippen LogP contribution in [0.1, 0.15) is 18.1 Å². The lowest BCUT2D eigenvalue weighted by atomic mass is 10.2. The number of esters is 1. The van der Waals surface area contributed by atoms with Crippen LogP contribution >= 0.6 is 15.9 Å². The van der Waals surface area contributed by atoms with E-state index in [-0.39, 0.29) is 6.61 Å². The first-order valence-electron chi connectivity index (χ1n) is 6.66. The maximum Gasteiger partial charge on any atom is 0.347 e. The van der Waals surface area contributed by atoms with E-state index >= 15 is 0 Å². The Kier molecular flexibility index (Phi) is 5.56. The summed E-state index contributed by atoms with van der Waals surface area (Å²) < 4.78 is 11.7. The van der Waals surface area contributed by atoms with E-state index in [0.29, 0.717) is 11.3 Å². The van der Waals surface area contributed by atoms with Crippen LogP contribution in [-0.2, 0) is 16.1 Å². The van der Waals surface area contributed by atoms with E-state index in [4.69, 9.17) is 14.7 Å². The number of benzene rings is 2. The molecule has 22 heavy (non-hydrogen) atoms. The Morgan fingerprint density at radius 1 is 1.18 bits per heavy atom. The zero-order valence-electron chi connectivity index (χ0n) is 12.0. The van der Waals surface area contributed by atoms with Crippen molar-refractivity contribution in [3.05, 3.63) is 64.1 Å². The highest BCUT2D eigenvalue weighted by Gasteiger charge is 2.16. The molecule has 2 rings (SSSR count). The number of hydrogen-bond acceptors (Lipinski definition) is 4. The van der Waals surface area contributed by atoms with Gasteiger partial charge in [-0.15, -0.1) is 0 Å². The summed E-state index contributed by atoms with van der Waals surface area (Å²) in [6.07, 6.45) is -0.719. The molecule has 0 heterocycles. The number of carbonyl (C=O) groups excluding carboxylic acids is 1. The van der Waals surface area contributed by atoms with E-state index in [1.165, 1.54) is 0 Å². The van der Waals surface area contributed by atoms with Crippen molar-refractivity contribution in [1.82, 2.24) is 0 Å². The number of nitriles is 1. The molecule has 4 nitrogen and oxygen atoms in total. The largest absolute Gasteiger partial charge is 0.479 e. The van der Waals surface area contributed by atoms with E-state index in [9.17, 15) is 4.79 Å². The molecule has 0 bridgehead atoms. The van der Waals surface area contributed by atoms with E-state index in [2.05, 4.69) is 15.9 Å². The van der Waals surface area contributed by atoms with Crippen molar-refractivity contribution in [3.63, 3.8) is 0 Å². The van der Waals surface area contributed by atoms with Gasteiger partial charge in [-0.2, -0.15) is 5.26 Å². The zero-order chi connectivity index (χ0) is 15.9. The lowest BCUT2D eigenvalue weighted by Crippen LogP contribution is -2.26. The van der Waals surface area contributed by atoms with Gasteiger partial charge in [0.25, 0.3) is 0 Å². The highest BCUT2D eigenvalue weighted by Crippen LogP contribution is 2.15. The normalized spacial score (nSPS) is 11.3. The number of carbonyl (C=O) groups is 1. The molecule has 0 aliphatic rings. The van der Waals surface area contributed by atoms with Gasteiger partial charge in [0.2, 0.25) is 0 Å². The number of ether oxygens (including phenoxy) is 2. The van der Waals surface area contributed by atoms with Crippen LogP contribution in [0.15, 0.2) is 53.0 Å². The molecule has 0 aromatic heterocycles. The minimum Gasteiger partial charge on any atom is -0.479 e. The van der Waals surface area contributed by atoms with Gasteiger partial charge in [0.15, 0.2) is 6.10 Å². The molecule has 0 unspecified atom stereocenters.